The van der Waals surface area contributed by atoms with Crippen molar-refractivity contribution in [2.75, 3.05) is 0 Å². The molecule has 10 nitrogen and oxygen atoms in total. The molecule has 2 atom stereocenters. The molecule has 196 valence electrons. The van der Waals surface area contributed by atoms with Crippen LogP contribution in [0, 0.1) is 5.41 Å². The minimum absolute atomic E-state index is 0.00178. The molecule has 0 saturated heterocycles. The molecule has 0 aliphatic heterocycles. The van der Waals surface area contributed by atoms with Crippen molar-refractivity contribution in [1.29, 1.82) is 0 Å². The molecule has 0 aliphatic rings. The van der Waals surface area contributed by atoms with Crippen molar-refractivity contribution in [3.8, 4) is 0 Å². The minimum atomic E-state index is -0.989. The molecule has 2 rings (SSSR count). The summed E-state index contributed by atoms with van der Waals surface area (Å²) in [4.78, 5) is 57.2. The van der Waals surface area contributed by atoms with Gasteiger partial charge in [-0.2, -0.15) is 0 Å². The average Bonchev–Trinajstić information content (AvgIpc) is 3.24. The highest BCUT2D eigenvalue weighted by molar-refractivity contribution is 5.92. The van der Waals surface area contributed by atoms with Gasteiger partial charge < -0.3 is 26.1 Å². The molecule has 0 bridgehead atoms. The SMILES string of the molecule is CC(C)(CC(=O)N[C@@H](Cc1ccccc1)C(=O)N[C@@H](Cc1cnc[nH]1)C(N)=O)CC(=O)OC(C)(C)C. The van der Waals surface area contributed by atoms with E-state index in [4.69, 9.17) is 10.5 Å². The number of benzene rings is 1. The van der Waals surface area contributed by atoms with E-state index < -0.39 is 46.8 Å². The summed E-state index contributed by atoms with van der Waals surface area (Å²) >= 11 is 0. The summed E-state index contributed by atoms with van der Waals surface area (Å²) in [5.74, 6) is -2.05. The molecule has 0 fully saturated rings. The molecule has 0 spiro atoms. The van der Waals surface area contributed by atoms with Gasteiger partial charge in [0, 0.05) is 31.2 Å². The number of imidazole rings is 1. The first-order chi connectivity index (χ1) is 16.7. The van der Waals surface area contributed by atoms with Crippen LogP contribution in [0.25, 0.3) is 0 Å². The molecule has 0 radical (unpaired) electrons. The molecule has 0 saturated carbocycles. The summed E-state index contributed by atoms with van der Waals surface area (Å²) in [5, 5.41) is 5.42. The number of ether oxygens (including phenoxy) is 1. The summed E-state index contributed by atoms with van der Waals surface area (Å²) in [5.41, 5.74) is 5.65. The number of H-pyrrole nitrogens is 1. The number of nitrogens with one attached hydrogen (secondary N) is 3. The molecule has 3 amide bonds. The topological polar surface area (TPSA) is 156 Å². The molecule has 2 aromatic rings. The Labute approximate surface area is 211 Å². The highest BCUT2D eigenvalue weighted by Crippen LogP contribution is 2.27. The Morgan fingerprint density at radius 2 is 1.64 bits per heavy atom. The number of nitrogens with zero attached hydrogens (tertiary/aromatic N) is 1. The number of esters is 1. The third kappa shape index (κ3) is 10.3. The van der Waals surface area contributed by atoms with E-state index in [-0.39, 0.29) is 25.7 Å². The van der Waals surface area contributed by atoms with E-state index in [0.29, 0.717) is 5.69 Å². The molecule has 0 unspecified atom stereocenters. The van der Waals surface area contributed by atoms with Gasteiger partial charge in [0.15, 0.2) is 0 Å². The number of hydrogen-bond acceptors (Lipinski definition) is 6. The Hall–Kier alpha value is -3.69. The van der Waals surface area contributed by atoms with E-state index in [2.05, 4.69) is 20.6 Å². The van der Waals surface area contributed by atoms with E-state index in [9.17, 15) is 19.2 Å². The summed E-state index contributed by atoms with van der Waals surface area (Å²) in [6.45, 7) is 8.92. The van der Waals surface area contributed by atoms with Crippen LogP contribution >= 0.6 is 0 Å². The zero-order valence-electron chi connectivity index (χ0n) is 21.6. The maximum absolute atomic E-state index is 13.2. The van der Waals surface area contributed by atoms with Gasteiger partial charge in [-0.3, -0.25) is 19.2 Å². The van der Waals surface area contributed by atoms with Crippen LogP contribution in [0.1, 0.15) is 58.7 Å². The normalized spacial score (nSPS) is 13.4. The lowest BCUT2D eigenvalue weighted by atomic mass is 9.85. The smallest absolute Gasteiger partial charge is 0.306 e. The van der Waals surface area contributed by atoms with Gasteiger partial charge in [0.1, 0.15) is 17.7 Å². The van der Waals surface area contributed by atoms with Crippen LogP contribution in [0.2, 0.25) is 0 Å². The molecule has 1 heterocycles. The number of primary amides is 1. The number of rotatable bonds is 12. The first-order valence-electron chi connectivity index (χ1n) is 11.9. The van der Waals surface area contributed by atoms with E-state index >= 15 is 0 Å². The zero-order valence-corrected chi connectivity index (χ0v) is 21.6. The lowest BCUT2D eigenvalue weighted by Gasteiger charge is -2.27. The van der Waals surface area contributed by atoms with Crippen LogP contribution in [-0.2, 0) is 36.8 Å². The number of carbonyl (C=O) groups is 4. The third-order valence-corrected chi connectivity index (χ3v) is 5.26. The molecule has 10 heteroatoms. The second-order valence-corrected chi connectivity index (χ2v) is 10.7. The first-order valence-corrected chi connectivity index (χ1v) is 11.9. The standard InChI is InChI=1S/C26H37N5O5/c1-25(2,3)36-22(33)14-26(4,5)13-21(32)30-20(11-17-9-7-6-8-10-17)24(35)31-19(23(27)34)12-18-15-28-16-29-18/h6-10,15-16,19-20H,11-14H2,1-5H3,(H2,27,34)(H,28,29)(H,30,32)(H,31,35)/t19-,20-/m0/s1. The van der Waals surface area contributed by atoms with Gasteiger partial charge in [0.25, 0.3) is 0 Å². The maximum Gasteiger partial charge on any atom is 0.306 e. The van der Waals surface area contributed by atoms with Crippen molar-refractivity contribution >= 4 is 23.7 Å². The van der Waals surface area contributed by atoms with E-state index in [1.807, 2.05) is 30.3 Å². The summed E-state index contributed by atoms with van der Waals surface area (Å²) < 4.78 is 5.38. The largest absolute Gasteiger partial charge is 0.460 e. The fraction of sp³-hybridized carbons (Fsp3) is 0.500. The van der Waals surface area contributed by atoms with Crippen molar-refractivity contribution in [3.63, 3.8) is 0 Å². The Kier molecular flexibility index (Phi) is 9.77. The van der Waals surface area contributed by atoms with Gasteiger partial charge >= 0.3 is 5.97 Å². The Bertz CT molecular complexity index is 1030. The fourth-order valence-electron chi connectivity index (χ4n) is 3.68. The van der Waals surface area contributed by atoms with Crippen molar-refractivity contribution in [3.05, 3.63) is 54.1 Å². The third-order valence-electron chi connectivity index (χ3n) is 5.26. The number of aromatic nitrogens is 2. The molecule has 1 aromatic carbocycles. The molecular weight excluding hydrogens is 462 g/mol. The summed E-state index contributed by atoms with van der Waals surface area (Å²) in [6.07, 6.45) is 3.39. The quantitative estimate of drug-likeness (QED) is 0.326. The van der Waals surface area contributed by atoms with Crippen molar-refractivity contribution in [2.45, 2.75) is 78.0 Å². The van der Waals surface area contributed by atoms with E-state index in [0.717, 1.165) is 5.56 Å². The molecule has 0 aliphatic carbocycles. The summed E-state index contributed by atoms with van der Waals surface area (Å²) in [7, 11) is 0. The van der Waals surface area contributed by atoms with Crippen molar-refractivity contribution in [2.24, 2.45) is 11.1 Å². The van der Waals surface area contributed by atoms with Crippen LogP contribution in [0.4, 0.5) is 0 Å². The van der Waals surface area contributed by atoms with Crippen LogP contribution in [0.5, 0.6) is 0 Å². The zero-order chi connectivity index (χ0) is 26.9. The Morgan fingerprint density at radius 1 is 0.972 bits per heavy atom. The Morgan fingerprint density at radius 3 is 2.19 bits per heavy atom. The van der Waals surface area contributed by atoms with Crippen LogP contribution in [0.3, 0.4) is 0 Å². The van der Waals surface area contributed by atoms with Gasteiger partial charge in [-0.05, 0) is 31.7 Å². The highest BCUT2D eigenvalue weighted by atomic mass is 16.6. The van der Waals surface area contributed by atoms with Crippen LogP contribution in [-0.4, -0.2) is 51.3 Å². The van der Waals surface area contributed by atoms with E-state index in [1.54, 1.807) is 34.6 Å². The monoisotopic (exact) mass is 499 g/mol. The second kappa shape index (κ2) is 12.3. The molecular formula is C26H37N5O5. The average molecular weight is 500 g/mol. The Balaban J connectivity index is 2.11. The van der Waals surface area contributed by atoms with Gasteiger partial charge in [-0.15, -0.1) is 0 Å². The van der Waals surface area contributed by atoms with Crippen LogP contribution < -0.4 is 16.4 Å². The number of aromatic amines is 1. The van der Waals surface area contributed by atoms with E-state index in [1.165, 1.54) is 12.5 Å². The number of nitrogens with two attached hydrogens (primary N) is 1. The minimum Gasteiger partial charge on any atom is -0.460 e. The molecule has 1 aromatic heterocycles. The van der Waals surface area contributed by atoms with Gasteiger partial charge in [-0.25, -0.2) is 4.98 Å². The molecule has 36 heavy (non-hydrogen) atoms. The van der Waals surface area contributed by atoms with Gasteiger partial charge in [0.2, 0.25) is 17.7 Å². The van der Waals surface area contributed by atoms with Crippen LogP contribution in [0.15, 0.2) is 42.9 Å². The predicted octanol–water partition coefficient (Wildman–Crippen LogP) is 1.80. The molecule has 5 N–H and O–H groups in total. The second-order valence-electron chi connectivity index (χ2n) is 10.7. The van der Waals surface area contributed by atoms with Crippen molar-refractivity contribution in [1.82, 2.24) is 20.6 Å². The number of carbonyl (C=O) groups excluding carboxylic acids is 4. The van der Waals surface area contributed by atoms with Crippen molar-refractivity contribution < 1.29 is 23.9 Å². The predicted molar refractivity (Wildman–Crippen MR) is 134 cm³/mol. The van der Waals surface area contributed by atoms with Gasteiger partial charge in [-0.1, -0.05) is 44.2 Å². The lowest BCUT2D eigenvalue weighted by molar-refractivity contribution is -0.157. The lowest BCUT2D eigenvalue weighted by Crippen LogP contribution is -2.54. The summed E-state index contributed by atoms with van der Waals surface area (Å²) in [6, 6.07) is 7.26. The highest BCUT2D eigenvalue weighted by Gasteiger charge is 2.31. The van der Waals surface area contributed by atoms with Gasteiger partial charge in [0.05, 0.1) is 12.7 Å². The fourth-order valence-corrected chi connectivity index (χ4v) is 3.68. The maximum atomic E-state index is 13.2. The number of amides is 3. The first kappa shape index (κ1) is 28.5. The number of hydrogen-bond donors (Lipinski definition) is 4.